The number of halogens is 5. The number of hydrogen-bond donors (Lipinski definition) is 1. The zero-order chi connectivity index (χ0) is 16.3. The van der Waals surface area contributed by atoms with Crippen molar-refractivity contribution in [2.75, 3.05) is 5.32 Å². The van der Waals surface area contributed by atoms with Gasteiger partial charge in [-0.2, -0.15) is 0 Å². The number of carbonyl (C=O) groups is 1. The zero-order valence-corrected chi connectivity index (χ0v) is 12.3. The molecule has 2 rings (SSSR count). The highest BCUT2D eigenvalue weighted by Crippen LogP contribution is 2.26. The maximum atomic E-state index is 12.0. The molecule has 0 fully saturated rings. The number of alkyl halides is 3. The molecule has 0 aliphatic rings. The van der Waals surface area contributed by atoms with Crippen LogP contribution in [0.15, 0.2) is 42.5 Å². The average Bonchev–Trinajstić information content (AvgIpc) is 2.41. The van der Waals surface area contributed by atoms with Gasteiger partial charge in [-0.25, -0.2) is 0 Å². The van der Waals surface area contributed by atoms with E-state index in [2.05, 4.69) is 10.1 Å². The van der Waals surface area contributed by atoms with Gasteiger partial charge in [0, 0.05) is 10.6 Å². The van der Waals surface area contributed by atoms with Crippen molar-refractivity contribution in [2.24, 2.45) is 0 Å². The van der Waals surface area contributed by atoms with E-state index in [0.29, 0.717) is 10.7 Å². The van der Waals surface area contributed by atoms with E-state index in [9.17, 15) is 18.0 Å². The summed E-state index contributed by atoms with van der Waals surface area (Å²) in [6, 6.07) is 9.03. The van der Waals surface area contributed by atoms with Gasteiger partial charge in [0.05, 0.1) is 10.7 Å². The van der Waals surface area contributed by atoms with Crippen LogP contribution in [0.1, 0.15) is 10.4 Å². The van der Waals surface area contributed by atoms with Gasteiger partial charge in [-0.1, -0.05) is 23.2 Å². The number of amides is 1. The third-order valence-electron chi connectivity index (χ3n) is 2.53. The predicted octanol–water partition coefficient (Wildman–Crippen LogP) is 5.14. The highest BCUT2D eigenvalue weighted by Gasteiger charge is 2.31. The molecule has 8 heteroatoms. The van der Waals surface area contributed by atoms with Crippen molar-refractivity contribution in [2.45, 2.75) is 6.36 Å². The lowest BCUT2D eigenvalue weighted by Gasteiger charge is -2.10. The molecule has 22 heavy (non-hydrogen) atoms. The summed E-state index contributed by atoms with van der Waals surface area (Å²) in [6.07, 6.45) is -4.78. The van der Waals surface area contributed by atoms with Crippen molar-refractivity contribution < 1.29 is 22.7 Å². The second-order valence-electron chi connectivity index (χ2n) is 4.15. The van der Waals surface area contributed by atoms with Crippen LogP contribution in [0.25, 0.3) is 0 Å². The summed E-state index contributed by atoms with van der Waals surface area (Å²) in [5, 5.41) is 3.19. The Morgan fingerprint density at radius 3 is 2.23 bits per heavy atom. The Labute approximate surface area is 133 Å². The lowest BCUT2D eigenvalue weighted by molar-refractivity contribution is -0.274. The summed E-state index contributed by atoms with van der Waals surface area (Å²) < 4.78 is 39.8. The molecule has 0 saturated heterocycles. The van der Waals surface area contributed by atoms with Crippen molar-refractivity contribution >= 4 is 34.8 Å². The lowest BCUT2D eigenvalue weighted by atomic mass is 10.2. The van der Waals surface area contributed by atoms with E-state index in [1.165, 1.54) is 24.3 Å². The topological polar surface area (TPSA) is 38.3 Å². The minimum absolute atomic E-state index is 0.153. The lowest BCUT2D eigenvalue weighted by Crippen LogP contribution is -2.17. The number of carbonyl (C=O) groups excluding carboxylic acids is 1. The molecule has 3 nitrogen and oxygen atoms in total. The molecule has 116 valence electrons. The maximum Gasteiger partial charge on any atom is 0.573 e. The molecule has 0 aromatic heterocycles. The minimum atomic E-state index is -4.78. The number of nitrogens with one attached hydrogen (secondary N) is 1. The summed E-state index contributed by atoms with van der Waals surface area (Å²) in [6.45, 7) is 0. The first-order chi connectivity index (χ1) is 10.2. The fourth-order valence-corrected chi connectivity index (χ4v) is 2.05. The zero-order valence-electron chi connectivity index (χ0n) is 10.7. The highest BCUT2D eigenvalue weighted by atomic mass is 35.5. The number of ether oxygens (including phenoxy) is 1. The largest absolute Gasteiger partial charge is 0.573 e. The van der Waals surface area contributed by atoms with Crippen LogP contribution in [0.3, 0.4) is 0 Å². The van der Waals surface area contributed by atoms with Crippen LogP contribution in [-0.4, -0.2) is 12.3 Å². The van der Waals surface area contributed by atoms with Gasteiger partial charge < -0.3 is 10.1 Å². The second kappa shape index (κ2) is 6.46. The Hall–Kier alpha value is -1.92. The van der Waals surface area contributed by atoms with E-state index in [1.54, 1.807) is 6.07 Å². The normalized spacial score (nSPS) is 11.1. The Morgan fingerprint density at radius 1 is 1.05 bits per heavy atom. The molecule has 2 aromatic rings. The van der Waals surface area contributed by atoms with Crippen molar-refractivity contribution in [3.05, 3.63) is 58.1 Å². The summed E-state index contributed by atoms with van der Waals surface area (Å²) >= 11 is 11.7. The molecule has 0 atom stereocenters. The molecule has 0 aliphatic carbocycles. The van der Waals surface area contributed by atoms with Crippen LogP contribution < -0.4 is 10.1 Å². The number of hydrogen-bond acceptors (Lipinski definition) is 2. The van der Waals surface area contributed by atoms with Gasteiger partial charge >= 0.3 is 6.36 Å². The van der Waals surface area contributed by atoms with E-state index in [-0.39, 0.29) is 10.6 Å². The molecule has 1 amide bonds. The number of benzene rings is 2. The molecule has 0 bridgehead atoms. The fraction of sp³-hybridized carbons (Fsp3) is 0.0714. The standard InChI is InChI=1S/C14H8Cl2F3NO2/c15-9-3-6-12(11(16)7-9)20-13(21)8-1-4-10(5-2-8)22-14(17,18)19/h1-7H,(H,20,21). The first kappa shape index (κ1) is 16.5. The molecule has 0 radical (unpaired) electrons. The van der Waals surface area contributed by atoms with E-state index < -0.39 is 18.0 Å². The van der Waals surface area contributed by atoms with Gasteiger partial charge in [0.15, 0.2) is 0 Å². The quantitative estimate of drug-likeness (QED) is 0.832. The Kier molecular flexibility index (Phi) is 4.83. The van der Waals surface area contributed by atoms with Gasteiger partial charge in [0.1, 0.15) is 5.75 Å². The van der Waals surface area contributed by atoms with Crippen LogP contribution in [-0.2, 0) is 0 Å². The van der Waals surface area contributed by atoms with Crippen LogP contribution in [0.5, 0.6) is 5.75 Å². The first-order valence-electron chi connectivity index (χ1n) is 5.87. The van der Waals surface area contributed by atoms with Gasteiger partial charge in [0.2, 0.25) is 0 Å². The van der Waals surface area contributed by atoms with E-state index in [4.69, 9.17) is 23.2 Å². The Morgan fingerprint density at radius 2 is 1.68 bits per heavy atom. The van der Waals surface area contributed by atoms with Gasteiger partial charge in [-0.05, 0) is 42.5 Å². The van der Waals surface area contributed by atoms with E-state index >= 15 is 0 Å². The van der Waals surface area contributed by atoms with Crippen molar-refractivity contribution in [3.8, 4) is 5.75 Å². The van der Waals surface area contributed by atoms with Crippen molar-refractivity contribution in [3.63, 3.8) is 0 Å². The predicted molar refractivity (Wildman–Crippen MR) is 77.5 cm³/mol. The van der Waals surface area contributed by atoms with Gasteiger partial charge in [-0.3, -0.25) is 4.79 Å². The Balaban J connectivity index is 2.10. The number of rotatable bonds is 3. The molecular weight excluding hydrogens is 342 g/mol. The number of anilines is 1. The molecule has 0 unspecified atom stereocenters. The summed E-state index contributed by atoms with van der Waals surface area (Å²) in [5.41, 5.74) is 0.493. The highest BCUT2D eigenvalue weighted by molar-refractivity contribution is 6.36. The van der Waals surface area contributed by atoms with Crippen LogP contribution >= 0.6 is 23.2 Å². The molecule has 0 aliphatic heterocycles. The van der Waals surface area contributed by atoms with E-state index in [0.717, 1.165) is 12.1 Å². The van der Waals surface area contributed by atoms with Crippen LogP contribution in [0, 0.1) is 0 Å². The Bertz CT molecular complexity index is 687. The third kappa shape index (κ3) is 4.54. The molecule has 2 aromatic carbocycles. The molecule has 1 N–H and O–H groups in total. The average molecular weight is 350 g/mol. The SMILES string of the molecule is O=C(Nc1ccc(Cl)cc1Cl)c1ccc(OC(F)(F)F)cc1. The molecule has 0 heterocycles. The second-order valence-corrected chi connectivity index (χ2v) is 4.99. The smallest absolute Gasteiger partial charge is 0.406 e. The monoisotopic (exact) mass is 349 g/mol. The van der Waals surface area contributed by atoms with Crippen LogP contribution in [0.4, 0.5) is 18.9 Å². The summed E-state index contributed by atoms with van der Waals surface area (Å²) in [5.74, 6) is -0.934. The van der Waals surface area contributed by atoms with Crippen molar-refractivity contribution in [1.29, 1.82) is 0 Å². The molecular formula is C14H8Cl2F3NO2. The van der Waals surface area contributed by atoms with E-state index in [1.807, 2.05) is 0 Å². The summed E-state index contributed by atoms with van der Waals surface area (Å²) in [4.78, 5) is 12.0. The maximum absolute atomic E-state index is 12.0. The summed E-state index contributed by atoms with van der Waals surface area (Å²) in [7, 11) is 0. The first-order valence-corrected chi connectivity index (χ1v) is 6.62. The van der Waals surface area contributed by atoms with Crippen LogP contribution in [0.2, 0.25) is 10.0 Å². The minimum Gasteiger partial charge on any atom is -0.406 e. The van der Waals surface area contributed by atoms with Gasteiger partial charge in [0.25, 0.3) is 5.91 Å². The van der Waals surface area contributed by atoms with Crippen molar-refractivity contribution in [1.82, 2.24) is 0 Å². The molecule has 0 spiro atoms. The molecule has 0 saturated carbocycles. The van der Waals surface area contributed by atoms with Gasteiger partial charge in [-0.15, -0.1) is 13.2 Å². The third-order valence-corrected chi connectivity index (χ3v) is 3.08. The fourth-order valence-electron chi connectivity index (χ4n) is 1.59.